The fourth-order valence-corrected chi connectivity index (χ4v) is 2.52. The third-order valence-corrected chi connectivity index (χ3v) is 3.70. The SMILES string of the molecule is CCCCCC(CCCCC)CCCCCO. The zero-order valence-corrected chi connectivity index (χ0v) is 12.2. The maximum atomic E-state index is 8.78. The summed E-state index contributed by atoms with van der Waals surface area (Å²) in [6.45, 7) is 4.94. The van der Waals surface area contributed by atoms with Gasteiger partial charge in [-0.25, -0.2) is 0 Å². The topological polar surface area (TPSA) is 20.2 Å². The highest BCUT2D eigenvalue weighted by Crippen LogP contribution is 2.23. The van der Waals surface area contributed by atoms with Gasteiger partial charge in [-0.1, -0.05) is 84.5 Å². The van der Waals surface area contributed by atoms with Crippen LogP contribution >= 0.6 is 0 Å². The molecule has 0 aromatic carbocycles. The highest BCUT2D eigenvalue weighted by atomic mass is 16.2. The van der Waals surface area contributed by atoms with Crippen LogP contribution in [-0.2, 0) is 0 Å². The molecule has 0 unspecified atom stereocenters. The van der Waals surface area contributed by atoms with Crippen molar-refractivity contribution >= 4 is 0 Å². The van der Waals surface area contributed by atoms with Crippen LogP contribution in [0.1, 0.15) is 90.9 Å². The first kappa shape index (κ1) is 17.0. The van der Waals surface area contributed by atoms with Crippen LogP contribution in [0.25, 0.3) is 0 Å². The summed E-state index contributed by atoms with van der Waals surface area (Å²) in [6.07, 6.45) is 16.1. The molecule has 1 heteroatoms. The summed E-state index contributed by atoms with van der Waals surface area (Å²) in [5.41, 5.74) is 0. The van der Waals surface area contributed by atoms with Crippen molar-refractivity contribution in [3.05, 3.63) is 0 Å². The van der Waals surface area contributed by atoms with Crippen LogP contribution in [0.4, 0.5) is 0 Å². The Morgan fingerprint density at radius 3 is 1.53 bits per heavy atom. The molecule has 0 rings (SSSR count). The van der Waals surface area contributed by atoms with E-state index in [1.54, 1.807) is 0 Å². The Balaban J connectivity index is 3.60. The minimum atomic E-state index is 0.371. The summed E-state index contributed by atoms with van der Waals surface area (Å²) in [6, 6.07) is 0. The van der Waals surface area contributed by atoms with Crippen LogP contribution in [0, 0.1) is 5.92 Å². The van der Waals surface area contributed by atoms with Crippen molar-refractivity contribution in [3.63, 3.8) is 0 Å². The fraction of sp³-hybridized carbons (Fsp3) is 1.00. The van der Waals surface area contributed by atoms with Crippen LogP contribution in [0.5, 0.6) is 0 Å². The molecular formula is C16H34O. The molecule has 1 nitrogen and oxygen atoms in total. The average Bonchev–Trinajstić information content (AvgIpc) is 2.34. The summed E-state index contributed by atoms with van der Waals surface area (Å²) >= 11 is 0. The Bertz CT molecular complexity index is 123. The van der Waals surface area contributed by atoms with Crippen LogP contribution < -0.4 is 0 Å². The molecule has 0 amide bonds. The number of aliphatic hydroxyl groups excluding tert-OH is 1. The second kappa shape index (κ2) is 14.0. The standard InChI is InChI=1S/C16H34O/c1-3-5-8-12-16(13-9-6-4-2)14-10-7-11-15-17/h16-17H,3-15H2,1-2H3. The number of aliphatic hydroxyl groups is 1. The molecule has 0 aromatic rings. The molecule has 0 fully saturated rings. The van der Waals surface area contributed by atoms with Crippen molar-refractivity contribution in [1.82, 2.24) is 0 Å². The molecule has 0 saturated heterocycles. The quantitative estimate of drug-likeness (QED) is 0.434. The van der Waals surface area contributed by atoms with E-state index in [-0.39, 0.29) is 0 Å². The highest BCUT2D eigenvalue weighted by molar-refractivity contribution is 4.61. The second-order valence-corrected chi connectivity index (χ2v) is 5.43. The van der Waals surface area contributed by atoms with Gasteiger partial charge in [0.2, 0.25) is 0 Å². The summed E-state index contributed by atoms with van der Waals surface area (Å²) in [4.78, 5) is 0. The smallest absolute Gasteiger partial charge is 0.0431 e. The Morgan fingerprint density at radius 2 is 1.12 bits per heavy atom. The van der Waals surface area contributed by atoms with E-state index < -0.39 is 0 Å². The first-order valence-corrected chi connectivity index (χ1v) is 7.96. The first-order chi connectivity index (χ1) is 8.35. The van der Waals surface area contributed by atoms with E-state index in [4.69, 9.17) is 5.11 Å². The Kier molecular flexibility index (Phi) is 14.0. The van der Waals surface area contributed by atoms with Gasteiger partial charge < -0.3 is 5.11 Å². The normalized spacial score (nSPS) is 11.3. The molecule has 0 heterocycles. The van der Waals surface area contributed by atoms with Crippen molar-refractivity contribution in [3.8, 4) is 0 Å². The third kappa shape index (κ3) is 12.2. The van der Waals surface area contributed by atoms with Gasteiger partial charge in [0, 0.05) is 6.61 Å². The van der Waals surface area contributed by atoms with E-state index in [0.717, 1.165) is 12.3 Å². The molecule has 0 aliphatic heterocycles. The minimum absolute atomic E-state index is 0.371. The molecule has 104 valence electrons. The number of hydrogen-bond acceptors (Lipinski definition) is 1. The summed E-state index contributed by atoms with van der Waals surface area (Å²) < 4.78 is 0. The number of hydrogen-bond donors (Lipinski definition) is 1. The van der Waals surface area contributed by atoms with E-state index in [9.17, 15) is 0 Å². The van der Waals surface area contributed by atoms with Crippen molar-refractivity contribution < 1.29 is 5.11 Å². The first-order valence-electron chi connectivity index (χ1n) is 7.96. The molecule has 0 spiro atoms. The van der Waals surface area contributed by atoms with Gasteiger partial charge >= 0.3 is 0 Å². The average molecular weight is 242 g/mol. The van der Waals surface area contributed by atoms with E-state index in [2.05, 4.69) is 13.8 Å². The number of unbranched alkanes of at least 4 members (excludes halogenated alkanes) is 6. The van der Waals surface area contributed by atoms with Gasteiger partial charge in [0.1, 0.15) is 0 Å². The van der Waals surface area contributed by atoms with Gasteiger partial charge in [-0.3, -0.25) is 0 Å². The monoisotopic (exact) mass is 242 g/mol. The lowest BCUT2D eigenvalue weighted by Gasteiger charge is -2.16. The van der Waals surface area contributed by atoms with Crippen molar-refractivity contribution in [1.29, 1.82) is 0 Å². The van der Waals surface area contributed by atoms with Crippen molar-refractivity contribution in [2.24, 2.45) is 5.92 Å². The molecule has 0 radical (unpaired) electrons. The Hall–Kier alpha value is -0.0400. The molecule has 0 saturated carbocycles. The predicted molar refractivity (Wildman–Crippen MR) is 77.3 cm³/mol. The van der Waals surface area contributed by atoms with E-state index in [0.29, 0.717) is 6.61 Å². The maximum absolute atomic E-state index is 8.78. The van der Waals surface area contributed by atoms with Crippen molar-refractivity contribution in [2.45, 2.75) is 90.9 Å². The van der Waals surface area contributed by atoms with Gasteiger partial charge in [-0.2, -0.15) is 0 Å². The molecular weight excluding hydrogens is 208 g/mol. The largest absolute Gasteiger partial charge is 0.396 e. The third-order valence-electron chi connectivity index (χ3n) is 3.70. The molecule has 0 bridgehead atoms. The van der Waals surface area contributed by atoms with Gasteiger partial charge in [0.25, 0.3) is 0 Å². The van der Waals surface area contributed by atoms with E-state index >= 15 is 0 Å². The minimum Gasteiger partial charge on any atom is -0.396 e. The lowest BCUT2D eigenvalue weighted by Crippen LogP contribution is -2.01. The molecule has 0 aliphatic rings. The summed E-state index contributed by atoms with van der Waals surface area (Å²) in [7, 11) is 0. The van der Waals surface area contributed by atoms with Crippen LogP contribution in [0.2, 0.25) is 0 Å². The lowest BCUT2D eigenvalue weighted by molar-refractivity contribution is 0.278. The lowest BCUT2D eigenvalue weighted by atomic mass is 9.90. The summed E-state index contributed by atoms with van der Waals surface area (Å²) in [5.74, 6) is 0.965. The van der Waals surface area contributed by atoms with Crippen LogP contribution in [0.15, 0.2) is 0 Å². The Morgan fingerprint density at radius 1 is 0.647 bits per heavy atom. The zero-order chi connectivity index (χ0) is 12.8. The highest BCUT2D eigenvalue weighted by Gasteiger charge is 2.07. The Labute approximate surface area is 109 Å². The maximum Gasteiger partial charge on any atom is 0.0431 e. The van der Waals surface area contributed by atoms with Gasteiger partial charge in [0.05, 0.1) is 0 Å². The molecule has 0 aliphatic carbocycles. The molecule has 1 N–H and O–H groups in total. The number of rotatable bonds is 13. The predicted octanol–water partition coefficient (Wildman–Crippen LogP) is 5.32. The molecule has 0 atom stereocenters. The molecule has 0 aromatic heterocycles. The van der Waals surface area contributed by atoms with Crippen LogP contribution in [0.3, 0.4) is 0 Å². The summed E-state index contributed by atoms with van der Waals surface area (Å²) in [5, 5.41) is 8.78. The second-order valence-electron chi connectivity index (χ2n) is 5.43. The van der Waals surface area contributed by atoms with Gasteiger partial charge in [0.15, 0.2) is 0 Å². The van der Waals surface area contributed by atoms with Crippen molar-refractivity contribution in [2.75, 3.05) is 6.61 Å². The van der Waals surface area contributed by atoms with E-state index in [1.165, 1.54) is 70.6 Å². The van der Waals surface area contributed by atoms with Gasteiger partial charge in [-0.05, 0) is 12.3 Å². The molecule has 17 heavy (non-hydrogen) atoms. The van der Waals surface area contributed by atoms with E-state index in [1.807, 2.05) is 0 Å². The van der Waals surface area contributed by atoms with Gasteiger partial charge in [-0.15, -0.1) is 0 Å². The fourth-order valence-electron chi connectivity index (χ4n) is 2.52. The zero-order valence-electron chi connectivity index (χ0n) is 12.2. The van der Waals surface area contributed by atoms with Crippen LogP contribution in [-0.4, -0.2) is 11.7 Å².